The van der Waals surface area contributed by atoms with Gasteiger partial charge in [-0.15, -0.1) is 5.10 Å². The van der Waals surface area contributed by atoms with Crippen molar-refractivity contribution in [1.82, 2.24) is 30.5 Å². The molecule has 7 nitrogen and oxygen atoms in total. The Hall–Kier alpha value is -1.76. The van der Waals surface area contributed by atoms with E-state index >= 15 is 0 Å². The molecular weight excluding hydrogens is 256 g/mol. The number of aryl methyl sites for hydroxylation is 1. The molecule has 20 heavy (non-hydrogen) atoms. The van der Waals surface area contributed by atoms with E-state index in [1.807, 2.05) is 6.20 Å². The minimum Gasteiger partial charge on any atom is -0.337 e. The largest absolute Gasteiger partial charge is 0.337 e. The van der Waals surface area contributed by atoms with Crippen LogP contribution in [-0.2, 0) is 19.5 Å². The highest BCUT2D eigenvalue weighted by atomic mass is 16.5. The van der Waals surface area contributed by atoms with E-state index in [0.29, 0.717) is 19.0 Å². The summed E-state index contributed by atoms with van der Waals surface area (Å²) in [6, 6.07) is 0. The molecule has 0 bridgehead atoms. The highest BCUT2D eigenvalue weighted by molar-refractivity contribution is 4.95. The van der Waals surface area contributed by atoms with Crippen LogP contribution in [0.4, 0.5) is 0 Å². The highest BCUT2D eigenvalue weighted by Crippen LogP contribution is 2.04. The molecule has 0 spiro atoms. The Kier molecular flexibility index (Phi) is 4.49. The van der Waals surface area contributed by atoms with Crippen LogP contribution in [0, 0.1) is 0 Å². The van der Waals surface area contributed by atoms with E-state index < -0.39 is 0 Å². The molecule has 0 unspecified atom stereocenters. The Balaban J connectivity index is 1.91. The normalized spacial score (nSPS) is 12.0. The van der Waals surface area contributed by atoms with Gasteiger partial charge in [-0.05, 0) is 27.2 Å². The van der Waals surface area contributed by atoms with Crippen molar-refractivity contribution in [1.29, 1.82) is 0 Å². The van der Waals surface area contributed by atoms with Gasteiger partial charge < -0.3 is 9.84 Å². The van der Waals surface area contributed by atoms with Gasteiger partial charge >= 0.3 is 0 Å². The lowest BCUT2D eigenvalue weighted by Gasteiger charge is -2.19. The standard InChI is InChI=1S/C13H22N6O/c1-5-6-11-15-12(20-17-11)9-19-8-10(16-18-19)7-14-13(2,3)4/h8,14H,5-7,9H2,1-4H3. The molecule has 7 heteroatoms. The van der Waals surface area contributed by atoms with Crippen LogP contribution < -0.4 is 5.32 Å². The molecule has 2 aromatic rings. The van der Waals surface area contributed by atoms with E-state index in [9.17, 15) is 0 Å². The molecule has 0 radical (unpaired) electrons. The number of hydrogen-bond acceptors (Lipinski definition) is 6. The van der Waals surface area contributed by atoms with Crippen LogP contribution in [0.5, 0.6) is 0 Å². The molecule has 2 heterocycles. The second-order valence-corrected chi connectivity index (χ2v) is 5.87. The number of nitrogens with zero attached hydrogens (tertiary/aromatic N) is 5. The highest BCUT2D eigenvalue weighted by Gasteiger charge is 2.11. The van der Waals surface area contributed by atoms with E-state index in [-0.39, 0.29) is 5.54 Å². The first-order valence-corrected chi connectivity index (χ1v) is 6.92. The average molecular weight is 278 g/mol. The summed E-state index contributed by atoms with van der Waals surface area (Å²) >= 11 is 0. The lowest BCUT2D eigenvalue weighted by atomic mass is 10.1. The minimum absolute atomic E-state index is 0.0608. The quantitative estimate of drug-likeness (QED) is 0.863. The van der Waals surface area contributed by atoms with E-state index in [4.69, 9.17) is 4.52 Å². The maximum atomic E-state index is 5.18. The second-order valence-electron chi connectivity index (χ2n) is 5.87. The molecule has 0 aliphatic rings. The summed E-state index contributed by atoms with van der Waals surface area (Å²) < 4.78 is 6.89. The Morgan fingerprint density at radius 2 is 2.15 bits per heavy atom. The molecule has 0 atom stereocenters. The van der Waals surface area contributed by atoms with E-state index in [0.717, 1.165) is 24.4 Å². The van der Waals surface area contributed by atoms with Gasteiger partial charge in [0.15, 0.2) is 5.82 Å². The van der Waals surface area contributed by atoms with Gasteiger partial charge in [0, 0.05) is 18.5 Å². The first-order chi connectivity index (χ1) is 9.46. The monoisotopic (exact) mass is 278 g/mol. The van der Waals surface area contributed by atoms with Gasteiger partial charge in [-0.1, -0.05) is 17.3 Å². The first kappa shape index (κ1) is 14.6. The topological polar surface area (TPSA) is 81.7 Å². The lowest BCUT2D eigenvalue weighted by Crippen LogP contribution is -2.35. The third-order valence-corrected chi connectivity index (χ3v) is 2.67. The summed E-state index contributed by atoms with van der Waals surface area (Å²) in [6.07, 6.45) is 3.73. The molecule has 0 saturated carbocycles. The summed E-state index contributed by atoms with van der Waals surface area (Å²) in [4.78, 5) is 4.31. The second kappa shape index (κ2) is 6.13. The van der Waals surface area contributed by atoms with Gasteiger partial charge in [0.25, 0.3) is 0 Å². The van der Waals surface area contributed by atoms with Crippen molar-refractivity contribution in [2.24, 2.45) is 0 Å². The SMILES string of the molecule is CCCc1noc(Cn2cc(CNC(C)(C)C)nn2)n1. The maximum absolute atomic E-state index is 5.18. The van der Waals surface area contributed by atoms with Crippen LogP contribution in [0.2, 0.25) is 0 Å². The molecule has 0 aliphatic carbocycles. The Morgan fingerprint density at radius 1 is 1.35 bits per heavy atom. The van der Waals surface area contributed by atoms with Crippen LogP contribution in [0.25, 0.3) is 0 Å². The van der Waals surface area contributed by atoms with Gasteiger partial charge in [-0.25, -0.2) is 4.68 Å². The van der Waals surface area contributed by atoms with Crippen LogP contribution in [0.3, 0.4) is 0 Å². The molecular formula is C13H22N6O. The smallest absolute Gasteiger partial charge is 0.248 e. The van der Waals surface area contributed by atoms with Gasteiger partial charge in [-0.3, -0.25) is 0 Å². The van der Waals surface area contributed by atoms with Crippen LogP contribution in [-0.4, -0.2) is 30.7 Å². The summed E-state index contributed by atoms with van der Waals surface area (Å²) in [5.74, 6) is 1.31. The molecule has 0 aromatic carbocycles. The fraction of sp³-hybridized carbons (Fsp3) is 0.692. The van der Waals surface area contributed by atoms with Gasteiger partial charge in [0.1, 0.15) is 6.54 Å². The number of hydrogen-bond donors (Lipinski definition) is 1. The maximum Gasteiger partial charge on any atom is 0.248 e. The lowest BCUT2D eigenvalue weighted by molar-refractivity contribution is 0.359. The van der Waals surface area contributed by atoms with Gasteiger partial charge in [0.05, 0.1) is 11.9 Å². The third-order valence-electron chi connectivity index (χ3n) is 2.67. The molecule has 1 N–H and O–H groups in total. The van der Waals surface area contributed by atoms with Crippen LogP contribution >= 0.6 is 0 Å². The molecule has 0 saturated heterocycles. The number of nitrogens with one attached hydrogen (secondary N) is 1. The molecule has 110 valence electrons. The summed E-state index contributed by atoms with van der Waals surface area (Å²) in [7, 11) is 0. The van der Waals surface area contributed by atoms with Crippen molar-refractivity contribution < 1.29 is 4.52 Å². The Morgan fingerprint density at radius 3 is 2.85 bits per heavy atom. The zero-order chi connectivity index (χ0) is 14.6. The molecule has 2 rings (SSSR count). The molecule has 0 fully saturated rings. The van der Waals surface area contributed by atoms with Crippen molar-refractivity contribution in [3.63, 3.8) is 0 Å². The van der Waals surface area contributed by atoms with Gasteiger partial charge in [-0.2, -0.15) is 4.98 Å². The Labute approximate surface area is 118 Å². The fourth-order valence-corrected chi connectivity index (χ4v) is 1.67. The predicted octanol–water partition coefficient (Wildman–Crippen LogP) is 1.55. The fourth-order valence-electron chi connectivity index (χ4n) is 1.67. The van der Waals surface area contributed by atoms with Crippen molar-refractivity contribution in [3.8, 4) is 0 Å². The van der Waals surface area contributed by atoms with Crippen molar-refractivity contribution in [3.05, 3.63) is 23.6 Å². The average Bonchev–Trinajstić information content (AvgIpc) is 2.97. The number of rotatable bonds is 6. The zero-order valence-electron chi connectivity index (χ0n) is 12.6. The molecule has 2 aromatic heterocycles. The summed E-state index contributed by atoms with van der Waals surface area (Å²) in [5.41, 5.74) is 0.957. The van der Waals surface area contributed by atoms with Crippen molar-refractivity contribution in [2.75, 3.05) is 0 Å². The van der Waals surface area contributed by atoms with E-state index in [1.165, 1.54) is 0 Å². The van der Waals surface area contributed by atoms with Crippen molar-refractivity contribution >= 4 is 0 Å². The van der Waals surface area contributed by atoms with E-state index in [1.54, 1.807) is 4.68 Å². The van der Waals surface area contributed by atoms with Crippen LogP contribution in [0.15, 0.2) is 10.7 Å². The predicted molar refractivity (Wildman–Crippen MR) is 74.0 cm³/mol. The third kappa shape index (κ3) is 4.41. The molecule has 0 aliphatic heterocycles. The Bertz CT molecular complexity index is 539. The van der Waals surface area contributed by atoms with E-state index in [2.05, 4.69) is 53.5 Å². The number of aromatic nitrogens is 5. The van der Waals surface area contributed by atoms with Gasteiger partial charge in [0.2, 0.25) is 5.89 Å². The minimum atomic E-state index is 0.0608. The summed E-state index contributed by atoms with van der Waals surface area (Å²) in [5, 5.41) is 15.5. The van der Waals surface area contributed by atoms with Crippen molar-refractivity contribution in [2.45, 2.75) is 59.2 Å². The van der Waals surface area contributed by atoms with Crippen LogP contribution in [0.1, 0.15) is 51.5 Å². The molecule has 0 amide bonds. The summed E-state index contributed by atoms with van der Waals surface area (Å²) in [6.45, 7) is 9.58. The first-order valence-electron chi connectivity index (χ1n) is 6.92. The zero-order valence-corrected chi connectivity index (χ0v) is 12.6.